The van der Waals surface area contributed by atoms with E-state index in [1.54, 1.807) is 17.9 Å². The van der Waals surface area contributed by atoms with Crippen molar-refractivity contribution in [2.45, 2.75) is 40.3 Å². The van der Waals surface area contributed by atoms with Crippen LogP contribution in [-0.4, -0.2) is 20.3 Å². The van der Waals surface area contributed by atoms with Crippen LogP contribution in [0.2, 0.25) is 0 Å². The van der Waals surface area contributed by atoms with Gasteiger partial charge in [0.2, 0.25) is 5.91 Å². The lowest BCUT2D eigenvalue weighted by Gasteiger charge is -2.16. The monoisotopic (exact) mass is 352 g/mol. The minimum Gasteiger partial charge on any atom is -0.348 e. The molecule has 2 aromatic heterocycles. The second kappa shape index (κ2) is 6.78. The first kappa shape index (κ1) is 17.9. The van der Waals surface area contributed by atoms with Gasteiger partial charge in [-0.05, 0) is 50.5 Å². The first-order valence-corrected chi connectivity index (χ1v) is 8.67. The quantitative estimate of drug-likeness (QED) is 0.784. The largest absolute Gasteiger partial charge is 0.348 e. The molecule has 1 aromatic carbocycles. The Morgan fingerprint density at radius 2 is 1.92 bits per heavy atom. The number of nitrogens with one attached hydrogen (secondary N) is 1. The van der Waals surface area contributed by atoms with E-state index in [0.29, 0.717) is 5.52 Å². The first-order chi connectivity index (χ1) is 12.3. The number of benzene rings is 1. The van der Waals surface area contributed by atoms with Crippen molar-refractivity contribution in [3.05, 3.63) is 63.2 Å². The van der Waals surface area contributed by atoms with Gasteiger partial charge in [-0.2, -0.15) is 5.10 Å². The van der Waals surface area contributed by atoms with Crippen LogP contribution in [0.25, 0.3) is 10.9 Å². The van der Waals surface area contributed by atoms with Crippen molar-refractivity contribution in [1.29, 1.82) is 0 Å². The van der Waals surface area contributed by atoms with Crippen molar-refractivity contribution in [3.8, 4) is 0 Å². The summed E-state index contributed by atoms with van der Waals surface area (Å²) in [5, 5.41) is 8.06. The van der Waals surface area contributed by atoms with Gasteiger partial charge < -0.3 is 9.88 Å². The van der Waals surface area contributed by atoms with E-state index >= 15 is 0 Å². The average molecular weight is 352 g/mol. The minimum atomic E-state index is -0.209. The Balaban J connectivity index is 1.78. The molecule has 6 heteroatoms. The highest BCUT2D eigenvalue weighted by atomic mass is 16.2. The lowest BCUT2D eigenvalue weighted by Crippen LogP contribution is -2.34. The third-order valence-corrected chi connectivity index (χ3v) is 4.88. The van der Waals surface area contributed by atoms with Crippen LogP contribution in [0.3, 0.4) is 0 Å². The number of aromatic nitrogens is 3. The summed E-state index contributed by atoms with van der Waals surface area (Å²) >= 11 is 0. The molecule has 0 saturated carbocycles. The molecule has 1 atom stereocenters. The topological polar surface area (TPSA) is 68.9 Å². The summed E-state index contributed by atoms with van der Waals surface area (Å²) in [6.45, 7) is 7.90. The predicted molar refractivity (Wildman–Crippen MR) is 102 cm³/mol. The standard InChI is InChI=1S/C20H24N4O2/c1-12-6-7-16(10-13(12)2)14(3)21-18(25)11-24-9-8-17-15(4)22-23(5)19(17)20(24)26/h6-10,14H,11H2,1-5H3,(H,21,25). The highest BCUT2D eigenvalue weighted by Crippen LogP contribution is 2.17. The Hall–Kier alpha value is -2.89. The number of pyridine rings is 1. The molecule has 6 nitrogen and oxygen atoms in total. The van der Waals surface area contributed by atoms with E-state index in [1.165, 1.54) is 15.7 Å². The third kappa shape index (κ3) is 3.27. The fourth-order valence-electron chi connectivity index (χ4n) is 3.18. The Labute approximate surface area is 152 Å². The van der Waals surface area contributed by atoms with Crippen molar-refractivity contribution in [2.24, 2.45) is 7.05 Å². The van der Waals surface area contributed by atoms with Crippen LogP contribution in [-0.2, 0) is 18.4 Å². The number of rotatable bonds is 4. The lowest BCUT2D eigenvalue weighted by molar-refractivity contribution is -0.122. The first-order valence-electron chi connectivity index (χ1n) is 8.67. The zero-order valence-electron chi connectivity index (χ0n) is 15.8. The fraction of sp³-hybridized carbons (Fsp3) is 0.350. The molecule has 1 amide bonds. The number of hydrogen-bond acceptors (Lipinski definition) is 3. The SMILES string of the molecule is Cc1ccc(C(C)NC(=O)Cn2ccc3c(C)nn(C)c3c2=O)cc1C. The van der Waals surface area contributed by atoms with Gasteiger partial charge in [-0.3, -0.25) is 14.3 Å². The lowest BCUT2D eigenvalue weighted by atomic mass is 10.0. The van der Waals surface area contributed by atoms with Gasteiger partial charge in [-0.1, -0.05) is 18.2 Å². The molecule has 0 aliphatic heterocycles. The van der Waals surface area contributed by atoms with Crippen molar-refractivity contribution in [1.82, 2.24) is 19.7 Å². The second-order valence-electron chi connectivity index (χ2n) is 6.85. The van der Waals surface area contributed by atoms with E-state index in [0.717, 1.165) is 16.6 Å². The molecule has 0 saturated heterocycles. The van der Waals surface area contributed by atoms with Crippen molar-refractivity contribution >= 4 is 16.8 Å². The summed E-state index contributed by atoms with van der Waals surface area (Å²) < 4.78 is 2.99. The third-order valence-electron chi connectivity index (χ3n) is 4.88. The van der Waals surface area contributed by atoms with Crippen LogP contribution in [0.4, 0.5) is 0 Å². The Kier molecular flexibility index (Phi) is 4.68. The van der Waals surface area contributed by atoms with E-state index in [2.05, 4.69) is 36.4 Å². The smallest absolute Gasteiger partial charge is 0.277 e. The van der Waals surface area contributed by atoms with Crippen LogP contribution >= 0.6 is 0 Å². The molecule has 1 N–H and O–H groups in total. The van der Waals surface area contributed by atoms with E-state index in [9.17, 15) is 9.59 Å². The van der Waals surface area contributed by atoms with Gasteiger partial charge in [0.15, 0.2) is 0 Å². The van der Waals surface area contributed by atoms with Gasteiger partial charge in [0, 0.05) is 18.6 Å². The van der Waals surface area contributed by atoms with E-state index in [1.807, 2.05) is 26.0 Å². The molecule has 0 bridgehead atoms. The van der Waals surface area contributed by atoms with Gasteiger partial charge in [-0.15, -0.1) is 0 Å². The molecule has 0 spiro atoms. The number of carbonyl (C=O) groups is 1. The molecule has 3 aromatic rings. The normalized spacial score (nSPS) is 12.3. The zero-order valence-corrected chi connectivity index (χ0v) is 15.8. The minimum absolute atomic E-state index is 0.0197. The van der Waals surface area contributed by atoms with E-state index in [4.69, 9.17) is 0 Å². The van der Waals surface area contributed by atoms with Crippen LogP contribution in [0, 0.1) is 20.8 Å². The van der Waals surface area contributed by atoms with Crippen LogP contribution in [0.1, 0.15) is 35.3 Å². The van der Waals surface area contributed by atoms with Crippen molar-refractivity contribution < 1.29 is 4.79 Å². The summed E-state index contributed by atoms with van der Waals surface area (Å²) in [6.07, 6.45) is 1.65. The van der Waals surface area contributed by atoms with Crippen LogP contribution in [0.5, 0.6) is 0 Å². The Morgan fingerprint density at radius 3 is 2.62 bits per heavy atom. The number of aryl methyl sites for hydroxylation is 4. The average Bonchev–Trinajstić information content (AvgIpc) is 2.87. The summed E-state index contributed by atoms with van der Waals surface area (Å²) in [5.41, 5.74) is 4.57. The summed E-state index contributed by atoms with van der Waals surface area (Å²) in [7, 11) is 1.74. The van der Waals surface area contributed by atoms with Gasteiger partial charge in [-0.25, -0.2) is 0 Å². The summed E-state index contributed by atoms with van der Waals surface area (Å²) in [6, 6.07) is 7.86. The molecule has 0 radical (unpaired) electrons. The van der Waals surface area contributed by atoms with E-state index in [-0.39, 0.29) is 24.1 Å². The molecule has 136 valence electrons. The maximum Gasteiger partial charge on any atom is 0.277 e. The molecule has 26 heavy (non-hydrogen) atoms. The predicted octanol–water partition coefficient (Wildman–Crippen LogP) is 2.54. The Morgan fingerprint density at radius 1 is 1.19 bits per heavy atom. The number of amides is 1. The van der Waals surface area contributed by atoms with Crippen LogP contribution < -0.4 is 10.9 Å². The molecule has 1 unspecified atom stereocenters. The molecule has 0 fully saturated rings. The van der Waals surface area contributed by atoms with Crippen molar-refractivity contribution in [2.75, 3.05) is 0 Å². The van der Waals surface area contributed by atoms with Crippen LogP contribution in [0.15, 0.2) is 35.3 Å². The van der Waals surface area contributed by atoms with Gasteiger partial charge in [0.25, 0.3) is 5.56 Å². The highest BCUT2D eigenvalue weighted by Gasteiger charge is 2.14. The number of hydrogen-bond donors (Lipinski definition) is 1. The molecule has 0 aliphatic carbocycles. The van der Waals surface area contributed by atoms with Gasteiger partial charge >= 0.3 is 0 Å². The molecule has 2 heterocycles. The molecule has 3 rings (SSSR count). The molecule has 0 aliphatic rings. The number of nitrogens with zero attached hydrogens (tertiary/aromatic N) is 3. The zero-order chi connectivity index (χ0) is 19.0. The summed E-state index contributed by atoms with van der Waals surface area (Å²) in [5.74, 6) is -0.198. The highest BCUT2D eigenvalue weighted by molar-refractivity contribution is 5.81. The van der Waals surface area contributed by atoms with Crippen molar-refractivity contribution in [3.63, 3.8) is 0 Å². The summed E-state index contributed by atoms with van der Waals surface area (Å²) in [4.78, 5) is 25.1. The van der Waals surface area contributed by atoms with Gasteiger partial charge in [0.1, 0.15) is 12.1 Å². The number of carbonyl (C=O) groups excluding carboxylic acids is 1. The Bertz CT molecular complexity index is 1050. The second-order valence-corrected chi connectivity index (χ2v) is 6.85. The molecular formula is C20H24N4O2. The van der Waals surface area contributed by atoms with E-state index < -0.39 is 0 Å². The van der Waals surface area contributed by atoms with Gasteiger partial charge in [0.05, 0.1) is 11.7 Å². The molecular weight excluding hydrogens is 328 g/mol. The maximum absolute atomic E-state index is 12.7. The number of fused-ring (bicyclic) bond motifs is 1. The maximum atomic E-state index is 12.7. The fourth-order valence-corrected chi connectivity index (χ4v) is 3.18.